The molecular formula is C14H17F3N2O. The van der Waals surface area contributed by atoms with Gasteiger partial charge in [0.25, 0.3) is 0 Å². The first-order chi connectivity index (χ1) is 9.30. The fourth-order valence-corrected chi connectivity index (χ4v) is 2.67. The zero-order valence-electron chi connectivity index (χ0n) is 10.9. The van der Waals surface area contributed by atoms with E-state index in [1.807, 2.05) is 0 Å². The van der Waals surface area contributed by atoms with Gasteiger partial charge in [0.1, 0.15) is 0 Å². The van der Waals surface area contributed by atoms with E-state index in [1.165, 1.54) is 12.1 Å². The summed E-state index contributed by atoms with van der Waals surface area (Å²) in [6.07, 6.45) is -2.10. The Morgan fingerprint density at radius 2 is 1.55 bits per heavy atom. The fraction of sp³-hybridized carbons (Fsp3) is 0.500. The van der Waals surface area contributed by atoms with Crippen LogP contribution in [0.25, 0.3) is 0 Å². The van der Waals surface area contributed by atoms with E-state index >= 15 is 0 Å². The molecule has 0 bridgehead atoms. The molecule has 1 fully saturated rings. The maximum absolute atomic E-state index is 12.5. The van der Waals surface area contributed by atoms with Crippen LogP contribution in [-0.4, -0.2) is 17.9 Å². The van der Waals surface area contributed by atoms with E-state index in [4.69, 9.17) is 11.5 Å². The van der Waals surface area contributed by atoms with Crippen molar-refractivity contribution < 1.29 is 18.0 Å². The van der Waals surface area contributed by atoms with Gasteiger partial charge in [-0.25, -0.2) is 0 Å². The molecule has 0 spiro atoms. The molecule has 20 heavy (non-hydrogen) atoms. The van der Waals surface area contributed by atoms with Crippen LogP contribution in [0.5, 0.6) is 0 Å². The Balaban J connectivity index is 2.20. The quantitative estimate of drug-likeness (QED) is 0.820. The zero-order chi connectivity index (χ0) is 14.9. The topological polar surface area (TPSA) is 69.1 Å². The Bertz CT molecular complexity index is 474. The summed E-state index contributed by atoms with van der Waals surface area (Å²) in [6.45, 7) is 0. The normalized spacial score (nSPS) is 27.4. The maximum atomic E-state index is 12.5. The minimum Gasteiger partial charge on any atom is -0.327 e. The predicted molar refractivity (Wildman–Crippen MR) is 69.1 cm³/mol. The summed E-state index contributed by atoms with van der Waals surface area (Å²) in [5.41, 5.74) is 11.3. The zero-order valence-corrected chi connectivity index (χ0v) is 10.9. The number of hydrogen-bond donors (Lipinski definition) is 2. The van der Waals surface area contributed by atoms with Gasteiger partial charge in [0.2, 0.25) is 0 Å². The van der Waals surface area contributed by atoms with Crippen LogP contribution in [0.15, 0.2) is 24.3 Å². The second-order valence-corrected chi connectivity index (χ2v) is 5.22. The molecule has 110 valence electrons. The first-order valence-corrected chi connectivity index (χ1v) is 6.53. The van der Waals surface area contributed by atoms with E-state index < -0.39 is 17.7 Å². The number of rotatable bonds is 2. The van der Waals surface area contributed by atoms with Gasteiger partial charge >= 0.3 is 6.18 Å². The van der Waals surface area contributed by atoms with Crippen LogP contribution in [0, 0.1) is 5.92 Å². The molecule has 1 saturated carbocycles. The molecule has 0 radical (unpaired) electrons. The van der Waals surface area contributed by atoms with Gasteiger partial charge in [-0.2, -0.15) is 13.2 Å². The van der Waals surface area contributed by atoms with Crippen molar-refractivity contribution >= 4 is 5.78 Å². The van der Waals surface area contributed by atoms with Crippen LogP contribution in [0.3, 0.4) is 0 Å². The molecule has 0 heterocycles. The molecule has 1 aromatic rings. The Labute approximate surface area is 115 Å². The standard InChI is InChI=1S/C14H17F3N2O/c15-14(16,17)9-6-4-8(5-7-9)13(20)12-10(18)2-1-3-11(12)19/h4-7,10-12H,1-3,18-19H2. The van der Waals surface area contributed by atoms with Crippen molar-refractivity contribution in [3.05, 3.63) is 35.4 Å². The fourth-order valence-electron chi connectivity index (χ4n) is 2.67. The van der Waals surface area contributed by atoms with Gasteiger partial charge < -0.3 is 11.5 Å². The molecule has 3 nitrogen and oxygen atoms in total. The monoisotopic (exact) mass is 286 g/mol. The van der Waals surface area contributed by atoms with Crippen LogP contribution < -0.4 is 11.5 Å². The van der Waals surface area contributed by atoms with E-state index in [-0.39, 0.29) is 23.4 Å². The van der Waals surface area contributed by atoms with Crippen molar-refractivity contribution in [2.75, 3.05) is 0 Å². The highest BCUT2D eigenvalue weighted by Gasteiger charge is 2.35. The number of alkyl halides is 3. The molecule has 0 saturated heterocycles. The molecule has 4 N–H and O–H groups in total. The molecule has 2 atom stereocenters. The number of Topliss-reactive ketones (excluding diaryl/α,β-unsaturated/α-hetero) is 1. The third kappa shape index (κ3) is 3.02. The molecule has 0 aromatic heterocycles. The Hall–Kier alpha value is -1.40. The van der Waals surface area contributed by atoms with Crippen molar-refractivity contribution in [1.29, 1.82) is 0 Å². The number of halogens is 3. The highest BCUT2D eigenvalue weighted by atomic mass is 19.4. The smallest absolute Gasteiger partial charge is 0.327 e. The van der Waals surface area contributed by atoms with Gasteiger partial charge in [0, 0.05) is 17.6 Å². The molecule has 2 rings (SSSR count). The third-order valence-corrected chi connectivity index (χ3v) is 3.80. The number of carbonyl (C=O) groups excluding carboxylic acids is 1. The Morgan fingerprint density at radius 1 is 1.05 bits per heavy atom. The first kappa shape index (κ1) is 15.0. The summed E-state index contributed by atoms with van der Waals surface area (Å²) in [7, 11) is 0. The van der Waals surface area contributed by atoms with Crippen LogP contribution in [0.2, 0.25) is 0 Å². The van der Waals surface area contributed by atoms with Gasteiger partial charge in [0.05, 0.1) is 11.5 Å². The average Bonchev–Trinajstić information content (AvgIpc) is 2.37. The van der Waals surface area contributed by atoms with E-state index in [0.29, 0.717) is 12.8 Å². The van der Waals surface area contributed by atoms with Crippen molar-refractivity contribution in [2.24, 2.45) is 17.4 Å². The van der Waals surface area contributed by atoms with Gasteiger partial charge in [-0.3, -0.25) is 4.79 Å². The van der Waals surface area contributed by atoms with Gasteiger partial charge in [0.15, 0.2) is 5.78 Å². The third-order valence-electron chi connectivity index (χ3n) is 3.80. The van der Waals surface area contributed by atoms with Crippen molar-refractivity contribution in [3.8, 4) is 0 Å². The maximum Gasteiger partial charge on any atom is 0.416 e. The Morgan fingerprint density at radius 3 is 2.00 bits per heavy atom. The second-order valence-electron chi connectivity index (χ2n) is 5.22. The summed E-state index contributed by atoms with van der Waals surface area (Å²) in [6, 6.07) is 3.56. The highest BCUT2D eigenvalue weighted by Crippen LogP contribution is 2.30. The average molecular weight is 286 g/mol. The van der Waals surface area contributed by atoms with Gasteiger partial charge in [-0.05, 0) is 25.0 Å². The van der Waals surface area contributed by atoms with Crippen LogP contribution >= 0.6 is 0 Å². The molecule has 1 aliphatic carbocycles. The molecule has 0 aliphatic heterocycles. The minimum absolute atomic E-state index is 0.232. The van der Waals surface area contributed by atoms with E-state index in [9.17, 15) is 18.0 Å². The van der Waals surface area contributed by atoms with E-state index in [0.717, 1.165) is 18.6 Å². The number of hydrogen-bond acceptors (Lipinski definition) is 3. The lowest BCUT2D eigenvalue weighted by Crippen LogP contribution is -2.49. The molecule has 1 aliphatic rings. The number of carbonyl (C=O) groups is 1. The van der Waals surface area contributed by atoms with Crippen LogP contribution in [0.1, 0.15) is 35.2 Å². The van der Waals surface area contributed by atoms with Crippen LogP contribution in [0.4, 0.5) is 13.2 Å². The lowest BCUT2D eigenvalue weighted by Gasteiger charge is -2.33. The largest absolute Gasteiger partial charge is 0.416 e. The second kappa shape index (κ2) is 5.54. The lowest BCUT2D eigenvalue weighted by molar-refractivity contribution is -0.137. The summed E-state index contributed by atoms with van der Waals surface area (Å²) >= 11 is 0. The number of nitrogens with two attached hydrogens (primary N) is 2. The van der Waals surface area contributed by atoms with E-state index in [2.05, 4.69) is 0 Å². The summed E-state index contributed by atoms with van der Waals surface area (Å²) in [4.78, 5) is 12.3. The summed E-state index contributed by atoms with van der Waals surface area (Å²) < 4.78 is 37.4. The molecular weight excluding hydrogens is 269 g/mol. The molecule has 6 heteroatoms. The van der Waals surface area contributed by atoms with Crippen LogP contribution in [-0.2, 0) is 6.18 Å². The highest BCUT2D eigenvalue weighted by molar-refractivity contribution is 5.98. The van der Waals surface area contributed by atoms with Crippen molar-refractivity contribution in [2.45, 2.75) is 37.5 Å². The SMILES string of the molecule is NC1CCCC(N)C1C(=O)c1ccc(C(F)(F)F)cc1. The minimum atomic E-state index is -4.40. The number of ketones is 1. The summed E-state index contributed by atoms with van der Waals surface area (Å²) in [5, 5.41) is 0. The molecule has 1 aromatic carbocycles. The predicted octanol–water partition coefficient (Wildman–Crippen LogP) is 2.34. The van der Waals surface area contributed by atoms with E-state index in [1.54, 1.807) is 0 Å². The van der Waals surface area contributed by atoms with Crippen molar-refractivity contribution in [1.82, 2.24) is 0 Å². The van der Waals surface area contributed by atoms with Gasteiger partial charge in [-0.1, -0.05) is 18.6 Å². The van der Waals surface area contributed by atoms with Gasteiger partial charge in [-0.15, -0.1) is 0 Å². The molecule has 2 unspecified atom stereocenters. The lowest BCUT2D eigenvalue weighted by atomic mass is 9.77. The number of benzene rings is 1. The summed E-state index contributed by atoms with van der Waals surface area (Å²) in [5.74, 6) is -0.779. The Kier molecular flexibility index (Phi) is 4.15. The molecule has 0 amide bonds. The van der Waals surface area contributed by atoms with Crippen molar-refractivity contribution in [3.63, 3.8) is 0 Å². The first-order valence-electron chi connectivity index (χ1n) is 6.53.